The molecule has 1 fully saturated rings. The summed E-state index contributed by atoms with van der Waals surface area (Å²) in [6.07, 6.45) is -1.36. The van der Waals surface area contributed by atoms with E-state index < -0.39 is 12.2 Å². The molecule has 0 radical (unpaired) electrons. The van der Waals surface area contributed by atoms with Crippen LogP contribution in [0.5, 0.6) is 0 Å². The van der Waals surface area contributed by atoms with Gasteiger partial charge in [0.05, 0.1) is 18.8 Å². The molecule has 0 aliphatic carbocycles. The van der Waals surface area contributed by atoms with Crippen LogP contribution in [0.15, 0.2) is 4.42 Å². The molecule has 1 saturated heterocycles. The van der Waals surface area contributed by atoms with Crippen LogP contribution in [0, 0.1) is 0 Å². The third-order valence-corrected chi connectivity index (χ3v) is 2.80. The highest BCUT2D eigenvalue weighted by atomic mass is 16.4. The van der Waals surface area contributed by atoms with Crippen LogP contribution in [0.4, 0.5) is 0 Å². The van der Waals surface area contributed by atoms with Gasteiger partial charge < -0.3 is 14.6 Å². The minimum absolute atomic E-state index is 0.157. The van der Waals surface area contributed by atoms with Crippen molar-refractivity contribution in [2.75, 3.05) is 13.1 Å². The average Bonchev–Trinajstić information content (AvgIpc) is 2.75. The molecule has 2 heterocycles. The molecule has 6 heteroatoms. The van der Waals surface area contributed by atoms with E-state index in [0.29, 0.717) is 31.4 Å². The minimum atomic E-state index is -0.681. The molecule has 1 aliphatic rings. The molecule has 0 aromatic carbocycles. The smallest absolute Gasteiger partial charge is 0.230 e. The van der Waals surface area contributed by atoms with Gasteiger partial charge in [-0.05, 0) is 0 Å². The number of rotatable bonds is 2. The maximum Gasteiger partial charge on any atom is 0.230 e. The topological polar surface area (TPSA) is 82.6 Å². The molecule has 0 bridgehead atoms. The third-order valence-electron chi connectivity index (χ3n) is 2.80. The lowest BCUT2D eigenvalue weighted by Crippen LogP contribution is -2.22. The summed E-state index contributed by atoms with van der Waals surface area (Å²) >= 11 is 0. The van der Waals surface area contributed by atoms with Crippen molar-refractivity contribution in [3.05, 3.63) is 11.8 Å². The molecule has 17 heavy (non-hydrogen) atoms. The fourth-order valence-corrected chi connectivity index (χ4v) is 1.79. The third kappa shape index (κ3) is 2.83. The second kappa shape index (κ2) is 4.36. The van der Waals surface area contributed by atoms with Crippen molar-refractivity contribution < 1.29 is 14.6 Å². The van der Waals surface area contributed by atoms with E-state index in [1.54, 1.807) is 0 Å². The van der Waals surface area contributed by atoms with Gasteiger partial charge in [0.15, 0.2) is 0 Å². The summed E-state index contributed by atoms with van der Waals surface area (Å²) in [6.45, 7) is 7.37. The first-order valence-corrected chi connectivity index (χ1v) is 5.77. The normalized spacial score (nSPS) is 26.6. The maximum atomic E-state index is 9.42. The Hall–Kier alpha value is -0.980. The molecule has 2 N–H and O–H groups in total. The monoisotopic (exact) mass is 241 g/mol. The van der Waals surface area contributed by atoms with Gasteiger partial charge in [-0.1, -0.05) is 20.8 Å². The molecule has 2 rings (SSSR count). The summed E-state index contributed by atoms with van der Waals surface area (Å²) in [4.78, 5) is 1.90. The fraction of sp³-hybridized carbons (Fsp3) is 0.818. The second-order valence-electron chi connectivity index (χ2n) is 5.58. The Balaban J connectivity index is 1.98. The Labute approximate surface area is 100 Å². The Bertz CT molecular complexity index is 376. The summed E-state index contributed by atoms with van der Waals surface area (Å²) < 4.78 is 5.55. The number of likely N-dealkylation sites (tertiary alicyclic amines) is 1. The van der Waals surface area contributed by atoms with Gasteiger partial charge in [0.25, 0.3) is 0 Å². The number of hydrogen-bond donors (Lipinski definition) is 2. The number of aliphatic hydroxyl groups excluding tert-OH is 2. The highest BCUT2D eigenvalue weighted by Crippen LogP contribution is 2.21. The van der Waals surface area contributed by atoms with Crippen molar-refractivity contribution in [3.63, 3.8) is 0 Å². The molecule has 0 unspecified atom stereocenters. The highest BCUT2D eigenvalue weighted by Gasteiger charge is 2.30. The molecule has 1 aromatic rings. The van der Waals surface area contributed by atoms with Crippen LogP contribution in [-0.4, -0.2) is 50.6 Å². The number of nitrogens with zero attached hydrogens (tertiary/aromatic N) is 3. The summed E-state index contributed by atoms with van der Waals surface area (Å²) in [6, 6.07) is 0. The van der Waals surface area contributed by atoms with Crippen LogP contribution in [0.3, 0.4) is 0 Å². The largest absolute Gasteiger partial charge is 0.423 e. The van der Waals surface area contributed by atoms with Gasteiger partial charge in [-0.15, -0.1) is 10.2 Å². The van der Waals surface area contributed by atoms with Gasteiger partial charge in [-0.2, -0.15) is 0 Å². The van der Waals surface area contributed by atoms with Gasteiger partial charge >= 0.3 is 0 Å². The van der Waals surface area contributed by atoms with Crippen molar-refractivity contribution in [1.82, 2.24) is 15.1 Å². The van der Waals surface area contributed by atoms with Crippen molar-refractivity contribution in [2.45, 2.75) is 44.9 Å². The van der Waals surface area contributed by atoms with Gasteiger partial charge in [-0.3, -0.25) is 4.90 Å². The van der Waals surface area contributed by atoms with Crippen LogP contribution in [0.1, 0.15) is 32.6 Å². The molecule has 0 amide bonds. The van der Waals surface area contributed by atoms with Crippen LogP contribution in [-0.2, 0) is 12.0 Å². The maximum absolute atomic E-state index is 9.42. The van der Waals surface area contributed by atoms with Gasteiger partial charge in [0.1, 0.15) is 0 Å². The standard InChI is InChI=1S/C11H19N3O3/c1-11(2,3)10-13-12-9(17-10)6-14-4-7(15)8(16)5-14/h7-8,15-16H,4-6H2,1-3H3/t7-,8+. The summed E-state index contributed by atoms with van der Waals surface area (Å²) in [5, 5.41) is 26.8. The summed E-state index contributed by atoms with van der Waals surface area (Å²) in [7, 11) is 0. The fourth-order valence-electron chi connectivity index (χ4n) is 1.79. The minimum Gasteiger partial charge on any atom is -0.423 e. The Morgan fingerprint density at radius 2 is 1.82 bits per heavy atom. The van der Waals surface area contributed by atoms with Gasteiger partial charge in [0, 0.05) is 18.5 Å². The van der Waals surface area contributed by atoms with E-state index in [-0.39, 0.29) is 5.41 Å². The van der Waals surface area contributed by atoms with Crippen molar-refractivity contribution in [2.24, 2.45) is 0 Å². The predicted octanol–water partition coefficient (Wildman–Crippen LogP) is -0.0955. The zero-order chi connectivity index (χ0) is 12.6. The van der Waals surface area contributed by atoms with E-state index in [2.05, 4.69) is 10.2 Å². The molecular formula is C11H19N3O3. The predicted molar refractivity (Wildman–Crippen MR) is 60.3 cm³/mol. The summed E-state index contributed by atoms with van der Waals surface area (Å²) in [5.41, 5.74) is -0.157. The average molecular weight is 241 g/mol. The molecule has 1 aromatic heterocycles. The molecule has 1 aliphatic heterocycles. The Morgan fingerprint density at radius 3 is 2.29 bits per heavy atom. The first kappa shape index (κ1) is 12.5. The number of β-amino-alcohol motifs (C(OH)–C–C–N with tert-alkyl or cyclic N) is 2. The molecular weight excluding hydrogens is 222 g/mol. The SMILES string of the molecule is CC(C)(C)c1nnc(CN2C[C@@H](O)[C@@H](O)C2)o1. The molecule has 6 nitrogen and oxygen atoms in total. The van der Waals surface area contributed by atoms with Crippen molar-refractivity contribution in [3.8, 4) is 0 Å². The first-order valence-electron chi connectivity index (χ1n) is 5.77. The number of aliphatic hydroxyl groups is 2. The highest BCUT2D eigenvalue weighted by molar-refractivity contribution is 4.96. The van der Waals surface area contributed by atoms with E-state index >= 15 is 0 Å². The van der Waals surface area contributed by atoms with Crippen LogP contribution >= 0.6 is 0 Å². The number of hydrogen-bond acceptors (Lipinski definition) is 6. The van der Waals surface area contributed by atoms with E-state index in [9.17, 15) is 10.2 Å². The number of aromatic nitrogens is 2. The van der Waals surface area contributed by atoms with Crippen molar-refractivity contribution >= 4 is 0 Å². The zero-order valence-corrected chi connectivity index (χ0v) is 10.4. The molecule has 0 saturated carbocycles. The van der Waals surface area contributed by atoms with E-state index in [1.807, 2.05) is 25.7 Å². The first-order chi connectivity index (χ1) is 7.86. The van der Waals surface area contributed by atoms with Gasteiger partial charge in [-0.25, -0.2) is 0 Å². The lowest BCUT2D eigenvalue weighted by Gasteiger charge is -2.12. The van der Waals surface area contributed by atoms with Crippen LogP contribution in [0.2, 0.25) is 0 Å². The molecule has 2 atom stereocenters. The second-order valence-corrected chi connectivity index (χ2v) is 5.58. The van der Waals surface area contributed by atoms with Crippen LogP contribution < -0.4 is 0 Å². The zero-order valence-electron chi connectivity index (χ0n) is 10.4. The molecule has 0 spiro atoms. The van der Waals surface area contributed by atoms with E-state index in [0.717, 1.165) is 0 Å². The van der Waals surface area contributed by atoms with Crippen LogP contribution in [0.25, 0.3) is 0 Å². The van der Waals surface area contributed by atoms with Crippen molar-refractivity contribution in [1.29, 1.82) is 0 Å². The lowest BCUT2D eigenvalue weighted by molar-refractivity contribution is 0.0572. The van der Waals surface area contributed by atoms with E-state index in [1.165, 1.54) is 0 Å². The molecule has 96 valence electrons. The lowest BCUT2D eigenvalue weighted by atomic mass is 9.97. The Kier molecular flexibility index (Phi) is 3.20. The summed E-state index contributed by atoms with van der Waals surface area (Å²) in [5.74, 6) is 1.13. The quantitative estimate of drug-likeness (QED) is 0.752. The van der Waals surface area contributed by atoms with E-state index in [4.69, 9.17) is 4.42 Å². The van der Waals surface area contributed by atoms with Gasteiger partial charge in [0.2, 0.25) is 11.8 Å². The Morgan fingerprint density at radius 1 is 1.24 bits per heavy atom.